The van der Waals surface area contributed by atoms with Gasteiger partial charge in [-0.05, 0) is 12.1 Å². The highest BCUT2D eigenvalue weighted by Crippen LogP contribution is 2.33. The van der Waals surface area contributed by atoms with Crippen LogP contribution < -0.4 is 10.1 Å². The summed E-state index contributed by atoms with van der Waals surface area (Å²) in [5, 5.41) is 2.81. The highest BCUT2D eigenvalue weighted by molar-refractivity contribution is 7.22. The number of halogens is 2. The number of aromatic nitrogens is 2. The van der Waals surface area contributed by atoms with Crippen molar-refractivity contribution in [2.24, 2.45) is 0 Å². The number of anilines is 1. The van der Waals surface area contributed by atoms with E-state index in [1.807, 2.05) is 0 Å². The van der Waals surface area contributed by atoms with Gasteiger partial charge in [-0.1, -0.05) is 11.3 Å². The fourth-order valence-corrected chi connectivity index (χ4v) is 2.79. The Morgan fingerprint density at radius 3 is 2.86 bits per heavy atom. The van der Waals surface area contributed by atoms with E-state index >= 15 is 0 Å². The number of pyridine rings is 1. The maximum Gasteiger partial charge on any atom is 0.257 e. The minimum atomic E-state index is -0.749. The Morgan fingerprint density at radius 1 is 1.32 bits per heavy atom. The molecule has 0 aliphatic heterocycles. The van der Waals surface area contributed by atoms with Crippen LogP contribution in [0.2, 0.25) is 0 Å². The Labute approximate surface area is 127 Å². The molecule has 22 heavy (non-hydrogen) atoms. The lowest BCUT2D eigenvalue weighted by Gasteiger charge is -2.01. The first kappa shape index (κ1) is 14.3. The Balaban J connectivity index is 1.93. The van der Waals surface area contributed by atoms with Crippen molar-refractivity contribution in [3.63, 3.8) is 0 Å². The summed E-state index contributed by atoms with van der Waals surface area (Å²) in [6, 6.07) is 4.91. The van der Waals surface area contributed by atoms with E-state index in [-0.39, 0.29) is 16.4 Å². The molecule has 1 amide bonds. The van der Waals surface area contributed by atoms with Gasteiger partial charge in [-0.25, -0.2) is 14.4 Å². The average molecular weight is 321 g/mol. The molecule has 0 aliphatic carbocycles. The van der Waals surface area contributed by atoms with Gasteiger partial charge in [-0.15, -0.1) is 0 Å². The van der Waals surface area contributed by atoms with Crippen molar-refractivity contribution in [3.8, 4) is 5.75 Å². The Hall–Kier alpha value is -2.61. The molecule has 112 valence electrons. The molecule has 0 saturated carbocycles. The van der Waals surface area contributed by atoms with Gasteiger partial charge in [0.1, 0.15) is 17.1 Å². The molecule has 0 bridgehead atoms. The van der Waals surface area contributed by atoms with Gasteiger partial charge in [0, 0.05) is 23.9 Å². The molecule has 0 unspecified atom stereocenters. The van der Waals surface area contributed by atoms with Crippen LogP contribution in [0.5, 0.6) is 5.75 Å². The van der Waals surface area contributed by atoms with E-state index in [0.29, 0.717) is 10.2 Å². The van der Waals surface area contributed by atoms with Crippen molar-refractivity contribution in [2.75, 3.05) is 12.4 Å². The fraction of sp³-hybridized carbons (Fsp3) is 0.0714. The second-order valence-corrected chi connectivity index (χ2v) is 5.33. The number of ether oxygens (including phenoxy) is 1. The molecule has 0 radical (unpaired) electrons. The molecule has 0 spiro atoms. The number of fused-ring (bicyclic) bond motifs is 1. The van der Waals surface area contributed by atoms with Gasteiger partial charge in [-0.3, -0.25) is 10.1 Å². The van der Waals surface area contributed by atoms with Crippen molar-refractivity contribution in [2.45, 2.75) is 0 Å². The molecule has 0 atom stereocenters. The molecule has 5 nitrogen and oxygen atoms in total. The molecule has 0 aliphatic rings. The molecule has 1 aromatic carbocycles. The first-order valence-corrected chi connectivity index (χ1v) is 6.95. The minimum Gasteiger partial charge on any atom is -0.494 e. The monoisotopic (exact) mass is 321 g/mol. The van der Waals surface area contributed by atoms with Gasteiger partial charge in [0.2, 0.25) is 5.95 Å². The lowest BCUT2D eigenvalue weighted by molar-refractivity contribution is 0.102. The maximum absolute atomic E-state index is 13.4. The quantitative estimate of drug-likeness (QED) is 0.752. The summed E-state index contributed by atoms with van der Waals surface area (Å²) >= 11 is 1.10. The number of nitrogens with zero attached hydrogens (tertiary/aromatic N) is 2. The Morgan fingerprint density at radius 2 is 2.14 bits per heavy atom. The van der Waals surface area contributed by atoms with E-state index in [2.05, 4.69) is 15.3 Å². The van der Waals surface area contributed by atoms with E-state index < -0.39 is 17.7 Å². The van der Waals surface area contributed by atoms with E-state index in [1.54, 1.807) is 0 Å². The van der Waals surface area contributed by atoms with Gasteiger partial charge >= 0.3 is 0 Å². The van der Waals surface area contributed by atoms with Crippen molar-refractivity contribution in [1.82, 2.24) is 9.97 Å². The third-order valence-corrected chi connectivity index (χ3v) is 3.77. The minimum absolute atomic E-state index is 0.116. The van der Waals surface area contributed by atoms with E-state index in [9.17, 15) is 13.6 Å². The zero-order valence-corrected chi connectivity index (χ0v) is 12.1. The van der Waals surface area contributed by atoms with Crippen molar-refractivity contribution in [1.29, 1.82) is 0 Å². The van der Waals surface area contributed by atoms with Crippen LogP contribution in [-0.2, 0) is 0 Å². The number of rotatable bonds is 3. The van der Waals surface area contributed by atoms with Crippen LogP contribution >= 0.6 is 11.3 Å². The third-order valence-electron chi connectivity index (χ3n) is 2.85. The predicted molar refractivity (Wildman–Crippen MR) is 78.3 cm³/mol. The molecule has 3 aromatic rings. The lowest BCUT2D eigenvalue weighted by atomic mass is 10.2. The summed E-state index contributed by atoms with van der Waals surface area (Å²) in [7, 11) is 1.41. The second-order valence-electron chi connectivity index (χ2n) is 4.30. The van der Waals surface area contributed by atoms with Gasteiger partial charge in [0.05, 0.1) is 11.8 Å². The smallest absolute Gasteiger partial charge is 0.257 e. The molecule has 0 fully saturated rings. The first-order chi connectivity index (χ1) is 10.6. The summed E-state index contributed by atoms with van der Waals surface area (Å²) in [6.07, 6.45) is 1.20. The van der Waals surface area contributed by atoms with Crippen LogP contribution in [0.1, 0.15) is 10.4 Å². The number of benzene rings is 1. The Kier molecular flexibility index (Phi) is 3.68. The van der Waals surface area contributed by atoms with Gasteiger partial charge in [0.15, 0.2) is 5.13 Å². The molecule has 8 heteroatoms. The zero-order chi connectivity index (χ0) is 15.7. The number of thiazole rings is 1. The van der Waals surface area contributed by atoms with Crippen LogP contribution in [0.15, 0.2) is 30.5 Å². The highest BCUT2D eigenvalue weighted by atomic mass is 32.1. The van der Waals surface area contributed by atoms with Crippen LogP contribution in [-0.4, -0.2) is 23.0 Å². The SMILES string of the molecule is COc1cc(F)cc2sc(NC(=O)c3ccnc(F)c3)nc12. The average Bonchev–Trinajstić information content (AvgIpc) is 2.88. The number of amides is 1. The van der Waals surface area contributed by atoms with Gasteiger partial charge < -0.3 is 4.74 Å². The summed E-state index contributed by atoms with van der Waals surface area (Å²) in [5.74, 6) is -1.45. The molecular formula is C14H9F2N3O2S. The van der Waals surface area contributed by atoms with Crippen LogP contribution in [0.4, 0.5) is 13.9 Å². The normalized spacial score (nSPS) is 10.7. The topological polar surface area (TPSA) is 64.1 Å². The molecule has 1 N–H and O–H groups in total. The zero-order valence-electron chi connectivity index (χ0n) is 11.3. The van der Waals surface area contributed by atoms with Crippen LogP contribution in [0, 0.1) is 11.8 Å². The van der Waals surface area contributed by atoms with Crippen LogP contribution in [0.25, 0.3) is 10.2 Å². The Bertz CT molecular complexity index is 866. The summed E-state index contributed by atoms with van der Waals surface area (Å²) < 4.78 is 32.0. The number of hydrogen-bond acceptors (Lipinski definition) is 5. The number of carbonyl (C=O) groups is 1. The molecular weight excluding hydrogens is 312 g/mol. The summed E-state index contributed by atoms with van der Waals surface area (Å²) in [5.41, 5.74) is 0.565. The van der Waals surface area contributed by atoms with Crippen LogP contribution in [0.3, 0.4) is 0 Å². The highest BCUT2D eigenvalue weighted by Gasteiger charge is 2.14. The van der Waals surface area contributed by atoms with E-state index in [4.69, 9.17) is 4.74 Å². The number of carbonyl (C=O) groups excluding carboxylic acids is 1. The van der Waals surface area contributed by atoms with Gasteiger partial charge in [0.25, 0.3) is 5.91 Å². The lowest BCUT2D eigenvalue weighted by Crippen LogP contribution is -2.12. The largest absolute Gasteiger partial charge is 0.494 e. The summed E-state index contributed by atoms with van der Waals surface area (Å²) in [6.45, 7) is 0. The third kappa shape index (κ3) is 2.73. The standard InChI is InChI=1S/C14H9F2N3O2S/c1-21-9-5-8(15)6-10-12(9)18-14(22-10)19-13(20)7-2-3-17-11(16)4-7/h2-6H,1H3,(H,18,19,20). The summed E-state index contributed by atoms with van der Waals surface area (Å²) in [4.78, 5) is 19.6. The number of methoxy groups -OCH3 is 1. The van der Waals surface area contributed by atoms with Crippen molar-refractivity contribution >= 4 is 32.6 Å². The number of nitrogens with one attached hydrogen (secondary N) is 1. The van der Waals surface area contributed by atoms with Gasteiger partial charge in [-0.2, -0.15) is 4.39 Å². The molecule has 2 aromatic heterocycles. The molecule has 2 heterocycles. The van der Waals surface area contributed by atoms with Crippen molar-refractivity contribution < 1.29 is 18.3 Å². The predicted octanol–water partition coefficient (Wildman–Crippen LogP) is 3.23. The van der Waals surface area contributed by atoms with E-state index in [0.717, 1.165) is 17.4 Å². The first-order valence-electron chi connectivity index (χ1n) is 6.14. The molecule has 0 saturated heterocycles. The fourth-order valence-electron chi connectivity index (χ4n) is 1.89. The number of hydrogen-bond donors (Lipinski definition) is 1. The van der Waals surface area contributed by atoms with Crippen molar-refractivity contribution in [3.05, 3.63) is 47.8 Å². The van der Waals surface area contributed by atoms with E-state index in [1.165, 1.54) is 31.5 Å². The second kappa shape index (κ2) is 5.64. The maximum atomic E-state index is 13.4. The molecule has 3 rings (SSSR count).